The molecule has 1 aliphatic carbocycles. The smallest absolute Gasteiger partial charge is 0.248 e. The third-order valence-electron chi connectivity index (χ3n) is 6.04. The first kappa shape index (κ1) is 23.8. The number of primary amides is 1. The molecule has 0 unspecified atom stereocenters. The number of ketones is 1. The maximum atomic E-state index is 13.1. The van der Waals surface area contributed by atoms with Gasteiger partial charge < -0.3 is 11.1 Å². The zero-order valence-corrected chi connectivity index (χ0v) is 19.6. The molecule has 1 saturated carbocycles. The fourth-order valence-electron chi connectivity index (χ4n) is 4.13. The van der Waals surface area contributed by atoms with E-state index in [-0.39, 0.29) is 18.2 Å². The zero-order chi connectivity index (χ0) is 23.9. The molecule has 1 aromatic carbocycles. The standard InChI is InChI=1S/C26H27N4O3S/c27-25(33)19-9-7-18(8-10-19)23-24(34-26(30-23)20-12-14-28-15-13-20)21(31)16-29-22(32)11-6-17-4-2-1-3-5-17/h7-15,17H,1-6,16H2,(H2,27,33)(H,29,32). The zero-order valence-electron chi connectivity index (χ0n) is 18.8. The number of Topliss-reactive ketones (excluding diaryl/α,β-unsaturated/α-hetero) is 1. The van der Waals surface area contributed by atoms with Crippen LogP contribution in [0.1, 0.15) is 58.6 Å². The number of carbonyl (C=O) groups is 3. The molecule has 0 bridgehead atoms. The van der Waals surface area contributed by atoms with Crippen LogP contribution < -0.4 is 11.1 Å². The Morgan fingerprint density at radius 2 is 1.71 bits per heavy atom. The molecule has 0 aliphatic heterocycles. The molecule has 4 rings (SSSR count). The summed E-state index contributed by atoms with van der Waals surface area (Å²) in [5.41, 5.74) is 7.77. The molecule has 2 aromatic heterocycles. The van der Waals surface area contributed by atoms with Crippen LogP contribution in [0.5, 0.6) is 0 Å². The molecular weight excluding hydrogens is 448 g/mol. The van der Waals surface area contributed by atoms with E-state index in [0.29, 0.717) is 32.6 Å². The minimum Gasteiger partial charge on any atom is -0.366 e. The lowest BCUT2D eigenvalue weighted by Gasteiger charge is -2.20. The highest BCUT2D eigenvalue weighted by atomic mass is 32.1. The lowest BCUT2D eigenvalue weighted by atomic mass is 9.86. The van der Waals surface area contributed by atoms with Gasteiger partial charge in [-0.05, 0) is 36.6 Å². The molecule has 175 valence electrons. The summed E-state index contributed by atoms with van der Waals surface area (Å²) >= 11 is 1.27. The number of nitrogens with zero attached hydrogens (tertiary/aromatic N) is 2. The highest BCUT2D eigenvalue weighted by molar-refractivity contribution is 7.17. The molecule has 1 aliphatic rings. The van der Waals surface area contributed by atoms with Crippen LogP contribution >= 0.6 is 11.3 Å². The third-order valence-corrected chi connectivity index (χ3v) is 7.18. The average molecular weight is 476 g/mol. The monoisotopic (exact) mass is 475 g/mol. The number of aromatic nitrogens is 2. The summed E-state index contributed by atoms with van der Waals surface area (Å²) in [6, 6.07) is 10.3. The van der Waals surface area contributed by atoms with E-state index in [2.05, 4.69) is 10.3 Å². The highest BCUT2D eigenvalue weighted by Crippen LogP contribution is 2.34. The molecule has 3 N–H and O–H groups in total. The van der Waals surface area contributed by atoms with Crippen molar-refractivity contribution in [3.63, 3.8) is 0 Å². The molecule has 1 fully saturated rings. The second kappa shape index (κ2) is 11.2. The predicted octanol–water partition coefficient (Wildman–Crippen LogP) is 4.44. The molecular formula is C26H27N4O3S. The number of nitrogens with one attached hydrogen (secondary N) is 1. The molecule has 3 aromatic rings. The first-order valence-electron chi connectivity index (χ1n) is 11.5. The van der Waals surface area contributed by atoms with Gasteiger partial charge in [0.25, 0.3) is 0 Å². The van der Waals surface area contributed by atoms with Crippen molar-refractivity contribution in [2.24, 2.45) is 11.7 Å². The molecule has 8 heteroatoms. The Hall–Kier alpha value is -3.39. The van der Waals surface area contributed by atoms with Gasteiger partial charge in [-0.3, -0.25) is 19.4 Å². The van der Waals surface area contributed by atoms with Crippen molar-refractivity contribution >= 4 is 28.9 Å². The van der Waals surface area contributed by atoms with Crippen molar-refractivity contribution < 1.29 is 14.4 Å². The van der Waals surface area contributed by atoms with Crippen molar-refractivity contribution in [1.29, 1.82) is 0 Å². The van der Waals surface area contributed by atoms with E-state index in [9.17, 15) is 14.4 Å². The highest BCUT2D eigenvalue weighted by Gasteiger charge is 2.21. The van der Waals surface area contributed by atoms with Gasteiger partial charge in [-0.1, -0.05) is 44.2 Å². The van der Waals surface area contributed by atoms with Crippen LogP contribution in [0.2, 0.25) is 0 Å². The summed E-state index contributed by atoms with van der Waals surface area (Å²) < 4.78 is 0. The maximum absolute atomic E-state index is 13.1. The molecule has 7 nitrogen and oxygen atoms in total. The minimum atomic E-state index is -0.522. The normalized spacial score (nSPS) is 14.0. The van der Waals surface area contributed by atoms with Gasteiger partial charge in [-0.25, -0.2) is 4.98 Å². The summed E-state index contributed by atoms with van der Waals surface area (Å²) in [6.45, 7) is -0.107. The molecule has 0 saturated heterocycles. The van der Waals surface area contributed by atoms with Crippen LogP contribution in [0.25, 0.3) is 21.8 Å². The van der Waals surface area contributed by atoms with Crippen LogP contribution in [-0.4, -0.2) is 34.1 Å². The summed E-state index contributed by atoms with van der Waals surface area (Å²) in [5.74, 6) is -0.392. The number of rotatable bonds is 9. The Morgan fingerprint density at radius 1 is 1.00 bits per heavy atom. The largest absolute Gasteiger partial charge is 0.366 e. The van der Waals surface area contributed by atoms with Crippen molar-refractivity contribution in [3.8, 4) is 21.8 Å². The first-order valence-corrected chi connectivity index (χ1v) is 12.3. The van der Waals surface area contributed by atoms with E-state index in [1.807, 2.05) is 12.1 Å². The Morgan fingerprint density at radius 3 is 2.38 bits per heavy atom. The Balaban J connectivity index is 1.49. The van der Waals surface area contributed by atoms with Crippen LogP contribution in [0, 0.1) is 12.3 Å². The number of hydrogen-bond donors (Lipinski definition) is 2. The Kier molecular flexibility index (Phi) is 7.80. The van der Waals surface area contributed by atoms with E-state index in [1.165, 1.54) is 43.4 Å². The van der Waals surface area contributed by atoms with Crippen molar-refractivity contribution in [2.75, 3.05) is 6.54 Å². The molecule has 0 spiro atoms. The second-order valence-corrected chi connectivity index (χ2v) is 9.46. The minimum absolute atomic E-state index is 0.107. The SMILES string of the molecule is NC(=O)c1ccc(-c2nc(-c3ccncc3)sc2C(=O)CNC(=O)[CH]CC2CCCCC2)cc1. The van der Waals surface area contributed by atoms with Gasteiger partial charge >= 0.3 is 0 Å². The van der Waals surface area contributed by atoms with Gasteiger partial charge in [-0.2, -0.15) is 0 Å². The number of amides is 2. The third kappa shape index (κ3) is 5.94. The van der Waals surface area contributed by atoms with Gasteiger partial charge in [0.2, 0.25) is 11.8 Å². The average Bonchev–Trinajstić information content (AvgIpc) is 3.33. The van der Waals surface area contributed by atoms with Crippen LogP contribution in [0.4, 0.5) is 0 Å². The topological polar surface area (TPSA) is 115 Å². The van der Waals surface area contributed by atoms with Gasteiger partial charge in [0.1, 0.15) is 9.88 Å². The molecule has 2 heterocycles. The number of carbonyl (C=O) groups excluding carboxylic acids is 3. The number of pyridine rings is 1. The van der Waals surface area contributed by atoms with Gasteiger partial charge in [0.05, 0.1) is 12.2 Å². The van der Waals surface area contributed by atoms with Gasteiger partial charge in [0, 0.05) is 35.5 Å². The fraction of sp³-hybridized carbons (Fsp3) is 0.308. The summed E-state index contributed by atoms with van der Waals surface area (Å²) in [5, 5.41) is 3.41. The van der Waals surface area contributed by atoms with Crippen molar-refractivity contribution in [3.05, 3.63) is 65.7 Å². The second-order valence-electron chi connectivity index (χ2n) is 8.46. The molecule has 0 atom stereocenters. The van der Waals surface area contributed by atoms with Crippen molar-refractivity contribution in [1.82, 2.24) is 15.3 Å². The Bertz CT molecular complexity index is 1150. The van der Waals surface area contributed by atoms with E-state index in [1.54, 1.807) is 43.1 Å². The summed E-state index contributed by atoms with van der Waals surface area (Å²) in [7, 11) is 0. The van der Waals surface area contributed by atoms with Crippen molar-refractivity contribution in [2.45, 2.75) is 38.5 Å². The quantitative estimate of drug-likeness (QED) is 0.444. The lowest BCUT2D eigenvalue weighted by molar-refractivity contribution is -0.118. The number of benzene rings is 1. The number of thiazole rings is 1. The molecule has 34 heavy (non-hydrogen) atoms. The summed E-state index contributed by atoms with van der Waals surface area (Å²) in [6.07, 6.45) is 11.8. The molecule has 2 amide bonds. The van der Waals surface area contributed by atoms with E-state index < -0.39 is 5.91 Å². The molecule has 1 radical (unpaired) electrons. The predicted molar refractivity (Wildman–Crippen MR) is 132 cm³/mol. The number of hydrogen-bond acceptors (Lipinski definition) is 6. The maximum Gasteiger partial charge on any atom is 0.248 e. The Labute approximate surface area is 202 Å². The van der Waals surface area contributed by atoms with E-state index in [4.69, 9.17) is 10.7 Å². The van der Waals surface area contributed by atoms with Crippen LogP contribution in [0.3, 0.4) is 0 Å². The van der Waals surface area contributed by atoms with Gasteiger partial charge in [0.15, 0.2) is 5.78 Å². The lowest BCUT2D eigenvalue weighted by Crippen LogP contribution is -2.30. The summed E-state index contributed by atoms with van der Waals surface area (Å²) in [4.78, 5) is 46.1. The van der Waals surface area contributed by atoms with E-state index >= 15 is 0 Å². The van der Waals surface area contributed by atoms with E-state index in [0.717, 1.165) is 12.0 Å². The van der Waals surface area contributed by atoms with Crippen LogP contribution in [-0.2, 0) is 4.79 Å². The first-order chi connectivity index (χ1) is 16.5. The van der Waals surface area contributed by atoms with Crippen LogP contribution in [0.15, 0.2) is 48.8 Å². The number of nitrogens with two attached hydrogens (primary N) is 1. The fourth-order valence-corrected chi connectivity index (χ4v) is 5.16. The van der Waals surface area contributed by atoms with Gasteiger partial charge in [-0.15, -0.1) is 11.3 Å².